The molecule has 0 aliphatic carbocycles. The van der Waals surface area contributed by atoms with E-state index in [1.807, 2.05) is 0 Å². The van der Waals surface area contributed by atoms with E-state index in [9.17, 15) is 18.7 Å². The van der Waals surface area contributed by atoms with Crippen LogP contribution in [-0.4, -0.2) is 40.8 Å². The SMILES string of the molecule is Cc1c(F)c(Oc2cccc(C(=N)N)c2)nc(Oc2cccc(C(=O)N(C)C)c2CO)c1F. The molecular formula is C23H22F2N4O4. The summed E-state index contributed by atoms with van der Waals surface area (Å²) in [6, 6.07) is 10.5. The van der Waals surface area contributed by atoms with Gasteiger partial charge in [0.1, 0.15) is 17.3 Å². The average Bonchev–Trinajstić information content (AvgIpc) is 2.80. The van der Waals surface area contributed by atoms with Crippen molar-refractivity contribution in [2.24, 2.45) is 5.73 Å². The minimum Gasteiger partial charge on any atom is -0.436 e. The summed E-state index contributed by atoms with van der Waals surface area (Å²) in [5.74, 6) is -3.75. The number of carbonyl (C=O) groups excluding carboxylic acids is 1. The lowest BCUT2D eigenvalue weighted by atomic mass is 10.1. The van der Waals surface area contributed by atoms with E-state index in [2.05, 4.69) is 4.98 Å². The topological polar surface area (TPSA) is 122 Å². The van der Waals surface area contributed by atoms with Crippen LogP contribution in [0, 0.1) is 24.0 Å². The van der Waals surface area contributed by atoms with Crippen LogP contribution in [-0.2, 0) is 6.61 Å². The van der Waals surface area contributed by atoms with Crippen LogP contribution in [0.4, 0.5) is 8.78 Å². The van der Waals surface area contributed by atoms with Crippen molar-refractivity contribution < 1.29 is 28.2 Å². The van der Waals surface area contributed by atoms with E-state index >= 15 is 0 Å². The van der Waals surface area contributed by atoms with Gasteiger partial charge in [0.15, 0.2) is 11.6 Å². The maximum Gasteiger partial charge on any atom is 0.259 e. The highest BCUT2D eigenvalue weighted by Gasteiger charge is 2.23. The molecule has 0 atom stereocenters. The molecular weight excluding hydrogens is 434 g/mol. The van der Waals surface area contributed by atoms with Crippen LogP contribution in [0.5, 0.6) is 23.3 Å². The van der Waals surface area contributed by atoms with Gasteiger partial charge in [0.2, 0.25) is 0 Å². The Morgan fingerprint density at radius 3 is 2.36 bits per heavy atom. The molecule has 10 heteroatoms. The molecule has 1 aromatic heterocycles. The Bertz CT molecular complexity index is 1230. The lowest BCUT2D eigenvalue weighted by molar-refractivity contribution is 0.0823. The lowest BCUT2D eigenvalue weighted by Crippen LogP contribution is -2.23. The molecule has 4 N–H and O–H groups in total. The standard InChI is InChI=1S/C23H22F2N4O4/c1-12-18(24)21(32-14-7-4-6-13(10-14)20(26)27)28-22(19(12)25)33-17-9-5-8-15(16(17)11-30)23(31)29(2)3/h4-10,30H,11H2,1-3H3,(H3,26,27). The highest BCUT2D eigenvalue weighted by atomic mass is 19.1. The van der Waals surface area contributed by atoms with E-state index in [0.29, 0.717) is 5.56 Å². The molecule has 3 rings (SSSR count). The Labute approximate surface area is 188 Å². The van der Waals surface area contributed by atoms with E-state index in [0.717, 1.165) is 0 Å². The van der Waals surface area contributed by atoms with Crippen LogP contribution < -0.4 is 15.2 Å². The quantitative estimate of drug-likeness (QED) is 0.368. The first-order valence-corrected chi connectivity index (χ1v) is 9.74. The van der Waals surface area contributed by atoms with Gasteiger partial charge in [-0.15, -0.1) is 0 Å². The van der Waals surface area contributed by atoms with Gasteiger partial charge in [-0.1, -0.05) is 18.2 Å². The van der Waals surface area contributed by atoms with E-state index < -0.39 is 35.6 Å². The number of nitrogens with zero attached hydrogens (tertiary/aromatic N) is 2. The van der Waals surface area contributed by atoms with Crippen molar-refractivity contribution in [1.82, 2.24) is 9.88 Å². The van der Waals surface area contributed by atoms with Gasteiger partial charge < -0.3 is 25.2 Å². The molecule has 0 unspecified atom stereocenters. The maximum atomic E-state index is 14.8. The molecule has 0 aliphatic rings. The molecule has 0 aliphatic heterocycles. The van der Waals surface area contributed by atoms with Crippen molar-refractivity contribution in [2.75, 3.05) is 14.1 Å². The van der Waals surface area contributed by atoms with Crippen molar-refractivity contribution in [2.45, 2.75) is 13.5 Å². The number of aromatic nitrogens is 1. The fourth-order valence-corrected chi connectivity index (χ4v) is 2.95. The van der Waals surface area contributed by atoms with Crippen LogP contribution in [0.25, 0.3) is 0 Å². The maximum absolute atomic E-state index is 14.8. The molecule has 0 radical (unpaired) electrons. The molecule has 2 aromatic carbocycles. The minimum atomic E-state index is -1.06. The molecule has 8 nitrogen and oxygen atoms in total. The molecule has 0 saturated carbocycles. The van der Waals surface area contributed by atoms with Crippen molar-refractivity contribution in [3.05, 3.63) is 76.4 Å². The zero-order valence-electron chi connectivity index (χ0n) is 18.1. The lowest BCUT2D eigenvalue weighted by Gasteiger charge is -2.17. The molecule has 1 amide bonds. The number of aliphatic hydroxyl groups excluding tert-OH is 1. The number of carbonyl (C=O) groups is 1. The summed E-state index contributed by atoms with van der Waals surface area (Å²) >= 11 is 0. The van der Waals surface area contributed by atoms with Crippen LogP contribution in [0.1, 0.15) is 27.0 Å². The predicted octanol–water partition coefficient (Wildman–Crippen LogP) is 3.73. The van der Waals surface area contributed by atoms with Gasteiger partial charge >= 0.3 is 0 Å². The molecule has 172 valence electrons. The van der Waals surface area contributed by atoms with Crippen LogP contribution in [0.2, 0.25) is 0 Å². The van der Waals surface area contributed by atoms with E-state index in [1.165, 1.54) is 42.2 Å². The third kappa shape index (κ3) is 4.90. The van der Waals surface area contributed by atoms with Gasteiger partial charge in [-0.25, -0.2) is 8.78 Å². The summed E-state index contributed by atoms with van der Waals surface area (Å²) in [5.41, 5.74) is 5.69. The number of nitrogen functional groups attached to an aromatic ring is 1. The van der Waals surface area contributed by atoms with E-state index in [-0.39, 0.29) is 34.4 Å². The normalized spacial score (nSPS) is 10.6. The molecule has 0 bridgehead atoms. The number of hydrogen-bond donors (Lipinski definition) is 3. The molecule has 1 heterocycles. The third-order valence-electron chi connectivity index (χ3n) is 4.73. The third-order valence-corrected chi connectivity index (χ3v) is 4.73. The zero-order valence-corrected chi connectivity index (χ0v) is 18.1. The largest absolute Gasteiger partial charge is 0.436 e. The monoisotopic (exact) mass is 456 g/mol. The molecule has 3 aromatic rings. The number of nitrogens with two attached hydrogens (primary N) is 1. The first-order valence-electron chi connectivity index (χ1n) is 9.74. The zero-order chi connectivity index (χ0) is 24.3. The number of nitrogens with one attached hydrogen (secondary N) is 1. The Balaban J connectivity index is 2.03. The minimum absolute atomic E-state index is 0.0212. The Morgan fingerprint density at radius 1 is 1.12 bits per heavy atom. The summed E-state index contributed by atoms with van der Waals surface area (Å²) in [7, 11) is 3.10. The summed E-state index contributed by atoms with van der Waals surface area (Å²) in [5, 5.41) is 17.3. The molecule has 33 heavy (non-hydrogen) atoms. The number of amides is 1. The number of halogens is 2. The van der Waals surface area contributed by atoms with E-state index in [4.69, 9.17) is 20.6 Å². The van der Waals surface area contributed by atoms with Gasteiger partial charge in [-0.2, -0.15) is 4.98 Å². The summed E-state index contributed by atoms with van der Waals surface area (Å²) in [4.78, 5) is 17.5. The number of aliphatic hydroxyl groups is 1. The van der Waals surface area contributed by atoms with Gasteiger partial charge in [-0.05, 0) is 31.2 Å². The fourth-order valence-electron chi connectivity index (χ4n) is 2.95. The van der Waals surface area contributed by atoms with Gasteiger partial charge in [0.25, 0.3) is 17.7 Å². The number of pyridine rings is 1. The highest BCUT2D eigenvalue weighted by Crippen LogP contribution is 2.34. The van der Waals surface area contributed by atoms with Crippen LogP contribution >= 0.6 is 0 Å². The summed E-state index contributed by atoms with van der Waals surface area (Å²) in [6.45, 7) is 0.630. The second-order valence-electron chi connectivity index (χ2n) is 7.26. The van der Waals surface area contributed by atoms with Gasteiger partial charge in [-0.3, -0.25) is 10.2 Å². The second kappa shape index (κ2) is 9.61. The fraction of sp³-hybridized carbons (Fsp3) is 0.174. The Hall–Kier alpha value is -4.05. The van der Waals surface area contributed by atoms with Crippen molar-refractivity contribution in [3.63, 3.8) is 0 Å². The van der Waals surface area contributed by atoms with E-state index in [1.54, 1.807) is 26.2 Å². The number of ether oxygens (including phenoxy) is 2. The van der Waals surface area contributed by atoms with Gasteiger partial charge in [0.05, 0.1) is 6.61 Å². The van der Waals surface area contributed by atoms with Crippen LogP contribution in [0.15, 0.2) is 42.5 Å². The van der Waals surface area contributed by atoms with Crippen molar-refractivity contribution in [1.29, 1.82) is 5.41 Å². The smallest absolute Gasteiger partial charge is 0.259 e. The number of hydrogen-bond acceptors (Lipinski definition) is 6. The molecule has 0 spiro atoms. The molecule has 0 fully saturated rings. The van der Waals surface area contributed by atoms with Crippen molar-refractivity contribution in [3.8, 4) is 23.3 Å². The first kappa shape index (κ1) is 23.6. The van der Waals surface area contributed by atoms with Crippen LogP contribution in [0.3, 0.4) is 0 Å². The Kier molecular flexibility index (Phi) is 6.88. The summed E-state index contributed by atoms with van der Waals surface area (Å²) in [6.07, 6.45) is 0. The number of benzene rings is 2. The van der Waals surface area contributed by atoms with Crippen molar-refractivity contribution >= 4 is 11.7 Å². The summed E-state index contributed by atoms with van der Waals surface area (Å²) < 4.78 is 40.5. The number of amidine groups is 1. The van der Waals surface area contributed by atoms with Gasteiger partial charge in [0, 0.05) is 36.3 Å². The second-order valence-corrected chi connectivity index (χ2v) is 7.26. The Morgan fingerprint density at radius 2 is 1.76 bits per heavy atom. The molecule has 0 saturated heterocycles. The first-order chi connectivity index (χ1) is 15.6. The average molecular weight is 456 g/mol. The number of rotatable bonds is 7. The highest BCUT2D eigenvalue weighted by molar-refractivity contribution is 5.96. The predicted molar refractivity (Wildman–Crippen MR) is 117 cm³/mol.